The highest BCUT2D eigenvalue weighted by molar-refractivity contribution is 6.24. The average Bonchev–Trinajstić information content (AvgIpc) is 3.62. The third kappa shape index (κ3) is 3.68. The quantitative estimate of drug-likeness (QED) is 0.214. The molecule has 0 aliphatic rings. The van der Waals surface area contributed by atoms with E-state index in [-0.39, 0.29) is 0 Å². The summed E-state index contributed by atoms with van der Waals surface area (Å²) in [7, 11) is 0. The van der Waals surface area contributed by atoms with Crippen LogP contribution in [0.1, 0.15) is 0 Å². The van der Waals surface area contributed by atoms with Crippen molar-refractivity contribution in [1.82, 2.24) is 29.1 Å². The predicted molar refractivity (Wildman–Crippen MR) is 177 cm³/mol. The van der Waals surface area contributed by atoms with Crippen molar-refractivity contribution in [3.63, 3.8) is 0 Å². The molecule has 6 heteroatoms. The summed E-state index contributed by atoms with van der Waals surface area (Å²) in [4.78, 5) is 19.0. The molecule has 9 rings (SSSR count). The summed E-state index contributed by atoms with van der Waals surface area (Å²) in [5.74, 6) is 0. The number of hydrogen-bond donors (Lipinski definition) is 0. The number of rotatable bonds is 4. The second-order valence-corrected chi connectivity index (χ2v) is 10.9. The van der Waals surface area contributed by atoms with Crippen LogP contribution in [0.4, 0.5) is 0 Å². The highest BCUT2D eigenvalue weighted by Crippen LogP contribution is 2.41. The fraction of sp³-hybridized carbons (Fsp3) is 0. The Bertz CT molecular complexity index is 2420. The Kier molecular flexibility index (Phi) is 5.40. The van der Waals surface area contributed by atoms with Gasteiger partial charge in [-0.2, -0.15) is 0 Å². The molecule has 0 saturated heterocycles. The minimum atomic E-state index is 0.853. The van der Waals surface area contributed by atoms with E-state index >= 15 is 0 Å². The molecule has 6 heterocycles. The molecule has 0 unspecified atom stereocenters. The lowest BCUT2D eigenvalue weighted by Crippen LogP contribution is -1.98. The van der Waals surface area contributed by atoms with Gasteiger partial charge >= 0.3 is 0 Å². The summed E-state index contributed by atoms with van der Waals surface area (Å²) in [6.07, 6.45) is 11.3. The van der Waals surface area contributed by atoms with E-state index in [1.807, 2.05) is 43.0 Å². The van der Waals surface area contributed by atoms with E-state index < -0.39 is 0 Å². The number of hydrogen-bond acceptors (Lipinski definition) is 4. The normalized spacial score (nSPS) is 11.6. The molecule has 3 aromatic carbocycles. The highest BCUT2D eigenvalue weighted by Gasteiger charge is 2.23. The monoisotopic (exact) mass is 564 g/mol. The minimum Gasteiger partial charge on any atom is -0.308 e. The Morgan fingerprint density at radius 1 is 0.455 bits per heavy atom. The molecule has 0 aliphatic heterocycles. The molecule has 206 valence electrons. The van der Waals surface area contributed by atoms with Crippen molar-refractivity contribution in [1.29, 1.82) is 0 Å². The van der Waals surface area contributed by atoms with E-state index in [0.717, 1.165) is 77.5 Å². The van der Waals surface area contributed by atoms with Gasteiger partial charge in [-0.1, -0.05) is 48.5 Å². The van der Waals surface area contributed by atoms with Gasteiger partial charge in [0, 0.05) is 70.5 Å². The predicted octanol–water partition coefficient (Wildman–Crippen LogP) is 8.79. The summed E-state index contributed by atoms with van der Waals surface area (Å²) < 4.78 is 4.59. The SMILES string of the molecule is c1ccc(-n2c3ccccc3c3cnc4c(c5ncccc5n4-c4cc(-c5cccnc5)cc(-c5cccnc5)c4)c32)cc1. The van der Waals surface area contributed by atoms with Crippen LogP contribution in [0.2, 0.25) is 0 Å². The Labute approximate surface area is 252 Å². The molecular formula is C38H24N6. The van der Waals surface area contributed by atoms with Crippen LogP contribution in [0.15, 0.2) is 146 Å². The molecular weight excluding hydrogens is 540 g/mol. The summed E-state index contributed by atoms with van der Waals surface area (Å²) in [5, 5.41) is 3.28. The first-order chi connectivity index (χ1) is 21.8. The molecule has 6 nitrogen and oxygen atoms in total. The molecule has 0 saturated carbocycles. The number of fused-ring (bicyclic) bond motifs is 7. The Hall–Kier alpha value is -6.14. The van der Waals surface area contributed by atoms with Gasteiger partial charge in [0.2, 0.25) is 0 Å². The van der Waals surface area contributed by atoms with Gasteiger partial charge < -0.3 is 4.57 Å². The van der Waals surface area contributed by atoms with Gasteiger partial charge in [-0.25, -0.2) is 4.98 Å². The first kappa shape index (κ1) is 24.5. The zero-order valence-corrected chi connectivity index (χ0v) is 23.5. The van der Waals surface area contributed by atoms with E-state index in [1.165, 1.54) is 0 Å². The lowest BCUT2D eigenvalue weighted by Gasteiger charge is -2.13. The average molecular weight is 565 g/mol. The lowest BCUT2D eigenvalue weighted by atomic mass is 9.99. The first-order valence-corrected chi connectivity index (χ1v) is 14.5. The topological polar surface area (TPSA) is 61.4 Å². The molecule has 9 aromatic rings. The maximum absolute atomic E-state index is 5.17. The van der Waals surface area contributed by atoms with Gasteiger partial charge in [0.05, 0.1) is 21.9 Å². The zero-order chi connectivity index (χ0) is 29.0. The summed E-state index contributed by atoms with van der Waals surface area (Å²) in [6, 6.07) is 37.9. The van der Waals surface area contributed by atoms with Crippen molar-refractivity contribution in [2.45, 2.75) is 0 Å². The van der Waals surface area contributed by atoms with Crippen molar-refractivity contribution in [2.24, 2.45) is 0 Å². The molecule has 0 amide bonds. The second kappa shape index (κ2) is 9.71. The molecule has 44 heavy (non-hydrogen) atoms. The largest absolute Gasteiger partial charge is 0.308 e. The standard InChI is InChI=1S/C38H24N6/c1-2-11-29(12-3-1)43-33-14-5-4-13-31(33)32-24-42-38-35(37(32)43)36-34(15-8-18-41-36)44(38)30-20-27(25-9-6-16-39-22-25)19-28(21-30)26-10-7-17-40-23-26/h1-24H. The first-order valence-electron chi connectivity index (χ1n) is 14.5. The van der Waals surface area contributed by atoms with E-state index in [4.69, 9.17) is 9.97 Å². The van der Waals surface area contributed by atoms with Crippen LogP contribution in [0.3, 0.4) is 0 Å². The number of aromatic nitrogens is 6. The van der Waals surface area contributed by atoms with Crippen LogP contribution in [0, 0.1) is 0 Å². The molecule has 0 N–H and O–H groups in total. The Morgan fingerprint density at radius 3 is 1.86 bits per heavy atom. The zero-order valence-electron chi connectivity index (χ0n) is 23.5. The smallest absolute Gasteiger partial charge is 0.149 e. The number of nitrogens with zero attached hydrogens (tertiary/aromatic N) is 6. The highest BCUT2D eigenvalue weighted by atomic mass is 15.1. The molecule has 0 spiro atoms. The fourth-order valence-electron chi connectivity index (χ4n) is 6.46. The maximum Gasteiger partial charge on any atom is 0.149 e. The molecule has 0 bridgehead atoms. The Balaban J connectivity index is 1.43. The number of pyridine rings is 4. The van der Waals surface area contributed by atoms with Gasteiger partial charge in [0.15, 0.2) is 0 Å². The maximum atomic E-state index is 5.17. The van der Waals surface area contributed by atoms with Crippen molar-refractivity contribution in [3.05, 3.63) is 146 Å². The van der Waals surface area contributed by atoms with Crippen molar-refractivity contribution in [3.8, 4) is 33.6 Å². The van der Waals surface area contributed by atoms with Gasteiger partial charge in [0.25, 0.3) is 0 Å². The Morgan fingerprint density at radius 2 is 1.14 bits per heavy atom. The lowest BCUT2D eigenvalue weighted by molar-refractivity contribution is 1.13. The van der Waals surface area contributed by atoms with Crippen LogP contribution in [0.5, 0.6) is 0 Å². The van der Waals surface area contributed by atoms with E-state index in [0.29, 0.717) is 0 Å². The summed E-state index contributed by atoms with van der Waals surface area (Å²) in [5.41, 5.74) is 11.3. The van der Waals surface area contributed by atoms with Crippen LogP contribution >= 0.6 is 0 Å². The van der Waals surface area contributed by atoms with Crippen LogP contribution in [0.25, 0.3) is 77.5 Å². The molecule has 0 radical (unpaired) electrons. The fourth-order valence-corrected chi connectivity index (χ4v) is 6.46. The summed E-state index contributed by atoms with van der Waals surface area (Å²) in [6.45, 7) is 0. The number of benzene rings is 3. The van der Waals surface area contributed by atoms with Gasteiger partial charge in [-0.3, -0.25) is 19.5 Å². The van der Waals surface area contributed by atoms with E-state index in [2.05, 4.69) is 110 Å². The summed E-state index contributed by atoms with van der Waals surface area (Å²) >= 11 is 0. The van der Waals surface area contributed by atoms with E-state index in [1.54, 1.807) is 12.4 Å². The van der Waals surface area contributed by atoms with Gasteiger partial charge in [0.1, 0.15) is 11.2 Å². The van der Waals surface area contributed by atoms with Crippen molar-refractivity contribution in [2.75, 3.05) is 0 Å². The minimum absolute atomic E-state index is 0.853. The van der Waals surface area contributed by atoms with Crippen LogP contribution in [-0.2, 0) is 0 Å². The molecule has 0 aliphatic carbocycles. The van der Waals surface area contributed by atoms with E-state index in [9.17, 15) is 0 Å². The van der Waals surface area contributed by atoms with Crippen molar-refractivity contribution < 1.29 is 0 Å². The van der Waals surface area contributed by atoms with Crippen LogP contribution < -0.4 is 0 Å². The third-order valence-electron chi connectivity index (χ3n) is 8.35. The molecule has 0 fully saturated rings. The van der Waals surface area contributed by atoms with Gasteiger partial charge in [-0.15, -0.1) is 0 Å². The molecule has 0 atom stereocenters. The second-order valence-electron chi connectivity index (χ2n) is 10.9. The third-order valence-corrected chi connectivity index (χ3v) is 8.35. The van der Waals surface area contributed by atoms with Gasteiger partial charge in [-0.05, 0) is 71.8 Å². The number of para-hydroxylation sites is 2. The molecule has 6 aromatic heterocycles. The van der Waals surface area contributed by atoms with Crippen LogP contribution in [-0.4, -0.2) is 29.1 Å². The van der Waals surface area contributed by atoms with Crippen molar-refractivity contribution >= 4 is 43.9 Å².